The highest BCUT2D eigenvalue weighted by molar-refractivity contribution is 6.09. The van der Waals surface area contributed by atoms with Gasteiger partial charge in [-0.05, 0) is 37.6 Å². The zero-order valence-corrected chi connectivity index (χ0v) is 13.0. The number of nitrogens with zero attached hydrogens (tertiary/aromatic N) is 2. The minimum atomic E-state index is -0.867. The summed E-state index contributed by atoms with van der Waals surface area (Å²) in [6.07, 6.45) is 2.91. The van der Waals surface area contributed by atoms with Crippen LogP contribution in [0.15, 0.2) is 36.7 Å². The first-order valence-corrected chi connectivity index (χ1v) is 7.16. The quantitative estimate of drug-likeness (QED) is 0.664. The fourth-order valence-electron chi connectivity index (χ4n) is 2.56. The molecule has 1 aromatic carbocycles. The number of carbonyl (C=O) groups is 2. The number of nitrogens with one attached hydrogen (secondary N) is 2. The zero-order chi connectivity index (χ0) is 17.5. The molecule has 2 N–H and O–H groups in total. The van der Waals surface area contributed by atoms with E-state index in [4.69, 9.17) is 0 Å². The summed E-state index contributed by atoms with van der Waals surface area (Å²) in [6.45, 7) is 3.38. The number of amides is 2. The maximum atomic E-state index is 12.2. The Morgan fingerprint density at radius 1 is 1.29 bits per heavy atom. The molecule has 0 spiro atoms. The summed E-state index contributed by atoms with van der Waals surface area (Å²) in [5, 5.41) is 16.6. The normalized spacial score (nSPS) is 14.7. The number of fused-ring (bicyclic) bond motifs is 1. The van der Waals surface area contributed by atoms with Crippen molar-refractivity contribution in [3.8, 4) is 0 Å². The van der Waals surface area contributed by atoms with Crippen LogP contribution in [0.1, 0.15) is 29.8 Å². The summed E-state index contributed by atoms with van der Waals surface area (Å²) in [7, 11) is 0. The number of nitro benzene ring substituents is 1. The van der Waals surface area contributed by atoms with Gasteiger partial charge in [0.15, 0.2) is 0 Å². The molecule has 0 saturated carbocycles. The number of nitro groups is 1. The molecule has 2 amide bonds. The van der Waals surface area contributed by atoms with E-state index in [1.54, 1.807) is 13.8 Å². The van der Waals surface area contributed by atoms with Gasteiger partial charge in [-0.15, -0.1) is 0 Å². The molecule has 0 atom stereocenters. The Balaban J connectivity index is 2.03. The summed E-state index contributed by atoms with van der Waals surface area (Å²) < 4.78 is 0. The summed E-state index contributed by atoms with van der Waals surface area (Å²) in [5.74, 6) is -0.742. The maximum Gasteiger partial charge on any atom is 0.293 e. The van der Waals surface area contributed by atoms with Crippen molar-refractivity contribution in [1.29, 1.82) is 0 Å². The summed E-state index contributed by atoms with van der Waals surface area (Å²) >= 11 is 0. The van der Waals surface area contributed by atoms with E-state index in [1.165, 1.54) is 36.7 Å². The van der Waals surface area contributed by atoms with Crippen LogP contribution in [0.25, 0.3) is 0 Å². The highest BCUT2D eigenvalue weighted by Crippen LogP contribution is 2.42. The van der Waals surface area contributed by atoms with Gasteiger partial charge in [0, 0.05) is 29.7 Å². The Labute approximate surface area is 137 Å². The number of anilines is 2. The third-order valence-electron chi connectivity index (χ3n) is 4.01. The van der Waals surface area contributed by atoms with Gasteiger partial charge in [0.1, 0.15) is 5.69 Å². The second kappa shape index (κ2) is 5.41. The van der Waals surface area contributed by atoms with Crippen LogP contribution in [-0.4, -0.2) is 21.7 Å². The Morgan fingerprint density at radius 3 is 2.58 bits per heavy atom. The van der Waals surface area contributed by atoms with Crippen LogP contribution in [0.4, 0.5) is 17.1 Å². The van der Waals surface area contributed by atoms with Gasteiger partial charge in [-0.25, -0.2) is 0 Å². The highest BCUT2D eigenvalue weighted by atomic mass is 16.6. The minimum absolute atomic E-state index is 0.0264. The molecule has 8 nitrogen and oxygen atoms in total. The smallest absolute Gasteiger partial charge is 0.293 e. The zero-order valence-electron chi connectivity index (χ0n) is 13.0. The van der Waals surface area contributed by atoms with Gasteiger partial charge in [-0.3, -0.25) is 24.7 Å². The number of aromatic nitrogens is 1. The van der Waals surface area contributed by atoms with Gasteiger partial charge in [-0.2, -0.15) is 0 Å². The third-order valence-corrected chi connectivity index (χ3v) is 4.01. The van der Waals surface area contributed by atoms with Crippen LogP contribution in [0.3, 0.4) is 0 Å². The molecule has 24 heavy (non-hydrogen) atoms. The second-order valence-corrected chi connectivity index (χ2v) is 5.94. The van der Waals surface area contributed by atoms with Gasteiger partial charge in [-0.1, -0.05) is 0 Å². The first-order valence-electron chi connectivity index (χ1n) is 7.16. The van der Waals surface area contributed by atoms with Gasteiger partial charge in [0.05, 0.1) is 10.3 Å². The molecule has 3 rings (SSSR count). The van der Waals surface area contributed by atoms with E-state index in [0.29, 0.717) is 16.8 Å². The lowest BCUT2D eigenvalue weighted by Crippen LogP contribution is -2.26. The van der Waals surface area contributed by atoms with Gasteiger partial charge in [0.25, 0.3) is 11.6 Å². The van der Waals surface area contributed by atoms with Crippen molar-refractivity contribution in [2.24, 2.45) is 0 Å². The predicted molar refractivity (Wildman–Crippen MR) is 86.9 cm³/mol. The van der Waals surface area contributed by atoms with Gasteiger partial charge in [0.2, 0.25) is 5.91 Å². The van der Waals surface area contributed by atoms with Crippen LogP contribution in [-0.2, 0) is 10.2 Å². The Kier molecular flexibility index (Phi) is 3.52. The molecule has 0 unspecified atom stereocenters. The number of carbonyl (C=O) groups excluding carboxylic acids is 2. The molecule has 2 heterocycles. The summed E-state index contributed by atoms with van der Waals surface area (Å²) in [6, 6.07) is 5.74. The molecule has 0 fully saturated rings. The number of rotatable bonds is 3. The fraction of sp³-hybridized carbons (Fsp3) is 0.188. The Hall–Kier alpha value is -3.29. The van der Waals surface area contributed by atoms with Crippen molar-refractivity contribution in [2.45, 2.75) is 19.3 Å². The molecule has 8 heteroatoms. The molecule has 122 valence electrons. The van der Waals surface area contributed by atoms with Crippen molar-refractivity contribution in [2.75, 3.05) is 10.6 Å². The van der Waals surface area contributed by atoms with Crippen LogP contribution >= 0.6 is 0 Å². The molecular weight excluding hydrogens is 312 g/mol. The van der Waals surface area contributed by atoms with E-state index in [0.717, 1.165) is 0 Å². The maximum absolute atomic E-state index is 12.2. The number of benzene rings is 1. The third kappa shape index (κ3) is 2.47. The fourth-order valence-corrected chi connectivity index (χ4v) is 2.56. The van der Waals surface area contributed by atoms with Crippen molar-refractivity contribution >= 4 is 28.9 Å². The van der Waals surface area contributed by atoms with Crippen molar-refractivity contribution < 1.29 is 14.5 Å². The average molecular weight is 326 g/mol. The first kappa shape index (κ1) is 15.6. The minimum Gasteiger partial charge on any atom is -0.325 e. The summed E-state index contributed by atoms with van der Waals surface area (Å²) in [4.78, 5) is 38.9. The molecule has 1 aliphatic heterocycles. The second-order valence-electron chi connectivity index (χ2n) is 5.94. The number of hydrogen-bond donors (Lipinski definition) is 2. The van der Waals surface area contributed by atoms with E-state index in [2.05, 4.69) is 15.6 Å². The van der Waals surface area contributed by atoms with E-state index in [9.17, 15) is 19.7 Å². The Morgan fingerprint density at radius 2 is 1.96 bits per heavy atom. The average Bonchev–Trinajstić information content (AvgIpc) is 2.76. The standard InChI is InChI=1S/C16H14N4O4/c1-16(2)10-7-13(20(23)24)12(8-11(10)19-15(16)22)18-14(21)9-3-5-17-6-4-9/h3-8H,1-2H3,(H,18,21)(H,19,22). The first-order chi connectivity index (χ1) is 11.3. The highest BCUT2D eigenvalue weighted by Gasteiger charge is 2.40. The SMILES string of the molecule is CC1(C)C(=O)Nc2cc(NC(=O)c3ccncc3)c([N+](=O)[O-])cc21. The van der Waals surface area contributed by atoms with Gasteiger partial charge >= 0.3 is 0 Å². The van der Waals surface area contributed by atoms with Crippen molar-refractivity contribution in [3.05, 3.63) is 57.9 Å². The van der Waals surface area contributed by atoms with Crippen molar-refractivity contribution in [3.63, 3.8) is 0 Å². The van der Waals surface area contributed by atoms with E-state index < -0.39 is 16.2 Å². The molecule has 0 radical (unpaired) electrons. The van der Waals surface area contributed by atoms with Crippen LogP contribution < -0.4 is 10.6 Å². The van der Waals surface area contributed by atoms with E-state index in [-0.39, 0.29) is 17.3 Å². The summed E-state index contributed by atoms with van der Waals surface area (Å²) in [5.41, 5.74) is 0.207. The molecule has 2 aromatic rings. The number of pyridine rings is 1. The lowest BCUT2D eigenvalue weighted by molar-refractivity contribution is -0.384. The van der Waals surface area contributed by atoms with E-state index in [1.807, 2.05) is 0 Å². The molecule has 1 aliphatic rings. The largest absolute Gasteiger partial charge is 0.325 e. The lowest BCUT2D eigenvalue weighted by Gasteiger charge is -2.15. The van der Waals surface area contributed by atoms with E-state index >= 15 is 0 Å². The van der Waals surface area contributed by atoms with Crippen LogP contribution in [0, 0.1) is 10.1 Å². The Bertz CT molecular complexity index is 862. The molecule has 1 aromatic heterocycles. The van der Waals surface area contributed by atoms with Crippen molar-refractivity contribution in [1.82, 2.24) is 4.98 Å². The molecule has 0 bridgehead atoms. The molecule has 0 saturated heterocycles. The number of hydrogen-bond acceptors (Lipinski definition) is 5. The molecular formula is C16H14N4O4. The van der Waals surface area contributed by atoms with Crippen LogP contribution in [0.5, 0.6) is 0 Å². The predicted octanol–water partition coefficient (Wildman–Crippen LogP) is 2.47. The molecule has 0 aliphatic carbocycles. The van der Waals surface area contributed by atoms with Gasteiger partial charge < -0.3 is 10.6 Å². The topological polar surface area (TPSA) is 114 Å². The monoisotopic (exact) mass is 326 g/mol. The lowest BCUT2D eigenvalue weighted by atomic mass is 9.86. The van der Waals surface area contributed by atoms with Crippen LogP contribution in [0.2, 0.25) is 0 Å².